The summed E-state index contributed by atoms with van der Waals surface area (Å²) in [4.78, 5) is 0. The Morgan fingerprint density at radius 2 is 1.81 bits per heavy atom. The Labute approximate surface area is 123 Å². The van der Waals surface area contributed by atoms with Gasteiger partial charge in [0.05, 0.1) is 12.3 Å². The van der Waals surface area contributed by atoms with Gasteiger partial charge >= 0.3 is 0 Å². The summed E-state index contributed by atoms with van der Waals surface area (Å²) >= 11 is 0. The van der Waals surface area contributed by atoms with Crippen LogP contribution in [0.3, 0.4) is 0 Å². The number of hydrogen-bond acceptors (Lipinski definition) is 6. The lowest BCUT2D eigenvalue weighted by molar-refractivity contribution is 0.110. The third kappa shape index (κ3) is 4.87. The van der Waals surface area contributed by atoms with Crippen LogP contribution in [0.5, 0.6) is 5.75 Å². The van der Waals surface area contributed by atoms with Crippen molar-refractivity contribution in [3.63, 3.8) is 0 Å². The molecule has 0 saturated carbocycles. The maximum atomic E-state index is 9.02. The van der Waals surface area contributed by atoms with Crippen molar-refractivity contribution in [1.29, 1.82) is 15.8 Å². The van der Waals surface area contributed by atoms with Crippen molar-refractivity contribution in [2.45, 2.75) is 6.92 Å². The second-order valence-electron chi connectivity index (χ2n) is 3.75. The summed E-state index contributed by atoms with van der Waals surface area (Å²) in [5.74, 6) is 0.514. The van der Waals surface area contributed by atoms with Crippen LogP contribution in [-0.4, -0.2) is 19.8 Å². The van der Waals surface area contributed by atoms with Crippen molar-refractivity contribution in [3.05, 3.63) is 35.5 Å². The number of nitriles is 3. The van der Waals surface area contributed by atoms with Gasteiger partial charge in [0.15, 0.2) is 5.57 Å². The van der Waals surface area contributed by atoms with Gasteiger partial charge in [-0.25, -0.2) is 0 Å². The van der Waals surface area contributed by atoms with Crippen molar-refractivity contribution >= 4 is 5.69 Å². The van der Waals surface area contributed by atoms with Crippen molar-refractivity contribution < 1.29 is 9.47 Å². The van der Waals surface area contributed by atoms with Crippen LogP contribution in [-0.2, 0) is 4.74 Å². The van der Waals surface area contributed by atoms with Gasteiger partial charge in [0, 0.05) is 6.61 Å². The van der Waals surface area contributed by atoms with Crippen LogP contribution in [0.1, 0.15) is 6.92 Å². The highest BCUT2D eigenvalue weighted by atomic mass is 16.5. The monoisotopic (exact) mass is 282 g/mol. The molecule has 0 amide bonds. The number of hydrogen-bond donors (Lipinski definition) is 1. The van der Waals surface area contributed by atoms with Gasteiger partial charge in [-0.3, -0.25) is 0 Å². The highest BCUT2D eigenvalue weighted by Crippen LogP contribution is 2.25. The molecule has 0 radical (unpaired) electrons. The Morgan fingerprint density at radius 3 is 2.43 bits per heavy atom. The van der Waals surface area contributed by atoms with Gasteiger partial charge < -0.3 is 14.8 Å². The molecule has 0 fully saturated rings. The maximum absolute atomic E-state index is 9.02. The van der Waals surface area contributed by atoms with E-state index in [0.717, 1.165) is 0 Å². The Morgan fingerprint density at radius 1 is 1.10 bits per heavy atom. The first kappa shape index (κ1) is 16.0. The molecule has 1 aromatic carbocycles. The van der Waals surface area contributed by atoms with Crippen molar-refractivity contribution in [2.75, 3.05) is 25.1 Å². The summed E-state index contributed by atoms with van der Waals surface area (Å²) in [6.45, 7) is 3.32. The standard InChI is InChI=1S/C15H14N4O2/c1-2-20-7-8-21-15-6-4-3-5-13(15)19-14(11-18)12(9-16)10-17/h3-6,19H,2,7-8H2,1H3. The first-order valence-corrected chi connectivity index (χ1v) is 6.28. The van der Waals surface area contributed by atoms with E-state index in [4.69, 9.17) is 25.3 Å². The van der Waals surface area contributed by atoms with Crippen LogP contribution >= 0.6 is 0 Å². The van der Waals surface area contributed by atoms with Crippen molar-refractivity contribution in [1.82, 2.24) is 0 Å². The normalized spacial score (nSPS) is 8.86. The lowest BCUT2D eigenvalue weighted by Gasteiger charge is -2.12. The van der Waals surface area contributed by atoms with E-state index in [2.05, 4.69) is 5.32 Å². The fraction of sp³-hybridized carbons (Fsp3) is 0.267. The SMILES string of the molecule is CCOCCOc1ccccc1NC(C#N)=C(C#N)C#N. The summed E-state index contributed by atoms with van der Waals surface area (Å²) < 4.78 is 10.7. The molecular weight excluding hydrogens is 268 g/mol. The van der Waals surface area contributed by atoms with Crippen molar-refractivity contribution in [2.24, 2.45) is 0 Å². The Hall–Kier alpha value is -3.01. The molecule has 6 nitrogen and oxygen atoms in total. The average molecular weight is 282 g/mol. The topological polar surface area (TPSA) is 102 Å². The molecule has 106 valence electrons. The Balaban J connectivity index is 2.90. The van der Waals surface area contributed by atoms with E-state index in [1.807, 2.05) is 6.92 Å². The van der Waals surface area contributed by atoms with Gasteiger partial charge in [0.2, 0.25) is 0 Å². The van der Waals surface area contributed by atoms with Crippen LogP contribution in [0.4, 0.5) is 5.69 Å². The third-order valence-corrected chi connectivity index (χ3v) is 2.42. The molecule has 0 aromatic heterocycles. The minimum atomic E-state index is -0.276. The molecule has 0 aliphatic carbocycles. The van der Waals surface area contributed by atoms with E-state index in [-0.39, 0.29) is 11.3 Å². The number of para-hydroxylation sites is 2. The number of nitrogens with one attached hydrogen (secondary N) is 1. The summed E-state index contributed by atoms with van der Waals surface area (Å²) in [6, 6.07) is 12.1. The van der Waals surface area contributed by atoms with E-state index in [1.165, 1.54) is 0 Å². The minimum Gasteiger partial charge on any atom is -0.489 e. The minimum absolute atomic E-state index is 0.110. The zero-order valence-corrected chi connectivity index (χ0v) is 11.6. The Kier molecular flexibility index (Phi) is 6.86. The molecule has 0 bridgehead atoms. The fourth-order valence-electron chi connectivity index (χ4n) is 1.47. The van der Waals surface area contributed by atoms with Gasteiger partial charge in [-0.1, -0.05) is 12.1 Å². The molecule has 6 heteroatoms. The van der Waals surface area contributed by atoms with Crippen molar-refractivity contribution in [3.8, 4) is 24.0 Å². The first-order chi connectivity index (χ1) is 10.3. The molecule has 1 aromatic rings. The third-order valence-electron chi connectivity index (χ3n) is 2.42. The average Bonchev–Trinajstić information content (AvgIpc) is 2.53. The number of rotatable bonds is 7. The molecule has 0 unspecified atom stereocenters. The lowest BCUT2D eigenvalue weighted by Crippen LogP contribution is -2.08. The van der Waals surface area contributed by atoms with E-state index in [1.54, 1.807) is 42.5 Å². The molecule has 0 heterocycles. The maximum Gasteiger partial charge on any atom is 0.163 e. The van der Waals surface area contributed by atoms with Gasteiger partial charge in [-0.15, -0.1) is 0 Å². The van der Waals surface area contributed by atoms with Gasteiger partial charge in [0.25, 0.3) is 0 Å². The summed E-state index contributed by atoms with van der Waals surface area (Å²) in [5.41, 5.74) is 0.121. The molecule has 1 rings (SSSR count). The lowest BCUT2D eigenvalue weighted by atomic mass is 10.2. The predicted molar refractivity (Wildman–Crippen MR) is 75.9 cm³/mol. The Bertz CT molecular complexity index is 616. The highest BCUT2D eigenvalue weighted by Gasteiger charge is 2.09. The molecule has 0 aliphatic rings. The smallest absolute Gasteiger partial charge is 0.163 e. The molecular formula is C15H14N4O2. The largest absolute Gasteiger partial charge is 0.489 e. The molecule has 0 saturated heterocycles. The molecule has 21 heavy (non-hydrogen) atoms. The van der Waals surface area contributed by atoms with E-state index in [0.29, 0.717) is 31.3 Å². The number of ether oxygens (including phenoxy) is 2. The van der Waals surface area contributed by atoms with Crippen LogP contribution in [0, 0.1) is 34.0 Å². The first-order valence-electron chi connectivity index (χ1n) is 6.28. The van der Waals surface area contributed by atoms with Crippen LogP contribution < -0.4 is 10.1 Å². The van der Waals surface area contributed by atoms with E-state index in [9.17, 15) is 0 Å². The van der Waals surface area contributed by atoms with E-state index >= 15 is 0 Å². The zero-order chi connectivity index (χ0) is 15.5. The molecule has 0 spiro atoms. The number of nitrogens with zero attached hydrogens (tertiary/aromatic N) is 3. The van der Waals surface area contributed by atoms with Gasteiger partial charge in [-0.05, 0) is 19.1 Å². The van der Waals surface area contributed by atoms with Crippen LogP contribution in [0.15, 0.2) is 35.5 Å². The predicted octanol–water partition coefficient (Wildman–Crippen LogP) is 2.34. The number of anilines is 1. The molecule has 1 N–H and O–H groups in total. The van der Waals surface area contributed by atoms with Gasteiger partial charge in [-0.2, -0.15) is 15.8 Å². The highest BCUT2D eigenvalue weighted by molar-refractivity contribution is 5.64. The quantitative estimate of drug-likeness (QED) is 0.608. The van der Waals surface area contributed by atoms with E-state index < -0.39 is 0 Å². The number of allylic oxidation sites excluding steroid dienone is 2. The summed E-state index contributed by atoms with van der Waals surface area (Å²) in [6.07, 6.45) is 0. The number of benzene rings is 1. The van der Waals surface area contributed by atoms with Crippen LogP contribution in [0.2, 0.25) is 0 Å². The van der Waals surface area contributed by atoms with Gasteiger partial charge in [0.1, 0.15) is 36.3 Å². The molecule has 0 atom stereocenters. The molecule has 0 aliphatic heterocycles. The zero-order valence-electron chi connectivity index (χ0n) is 11.6. The second-order valence-corrected chi connectivity index (χ2v) is 3.75. The fourth-order valence-corrected chi connectivity index (χ4v) is 1.47. The summed E-state index contributed by atoms with van der Waals surface area (Å²) in [5, 5.41) is 29.4. The van der Waals surface area contributed by atoms with Crippen LogP contribution in [0.25, 0.3) is 0 Å². The summed E-state index contributed by atoms with van der Waals surface area (Å²) in [7, 11) is 0. The second kappa shape index (κ2) is 8.98.